The molecule has 6 nitrogen and oxygen atoms in total. The lowest BCUT2D eigenvalue weighted by molar-refractivity contribution is 0.0694. The number of aromatic carboxylic acids is 1. The topological polar surface area (TPSA) is 81.4 Å². The summed E-state index contributed by atoms with van der Waals surface area (Å²) < 4.78 is 6.59. The minimum atomic E-state index is -1.31. The fraction of sp³-hybridized carbons (Fsp3) is 0.0833. The molecule has 0 radical (unpaired) electrons. The highest BCUT2D eigenvalue weighted by Crippen LogP contribution is 2.21. The molecule has 0 atom stereocenters. The van der Waals surface area contributed by atoms with Crippen LogP contribution in [0.2, 0.25) is 0 Å². The van der Waals surface area contributed by atoms with Gasteiger partial charge in [0, 0.05) is 6.20 Å². The van der Waals surface area contributed by atoms with Crippen LogP contribution in [0.1, 0.15) is 10.4 Å². The number of hydrogen-bond acceptors (Lipinski definition) is 4. The molecule has 2 rings (SSSR count). The van der Waals surface area contributed by atoms with Crippen LogP contribution in [0.25, 0.3) is 5.69 Å². The van der Waals surface area contributed by atoms with E-state index < -0.39 is 11.5 Å². The summed E-state index contributed by atoms with van der Waals surface area (Å²) in [4.78, 5) is 25.7. The largest absolute Gasteiger partial charge is 0.495 e. The number of aromatic nitrogens is 2. The average molecular weight is 246 g/mol. The molecule has 0 aliphatic heterocycles. The normalized spacial score (nSPS) is 10.1. The minimum absolute atomic E-state index is 0.386. The Labute approximate surface area is 102 Å². The van der Waals surface area contributed by atoms with Crippen molar-refractivity contribution in [2.75, 3.05) is 7.11 Å². The zero-order valence-corrected chi connectivity index (χ0v) is 9.53. The third kappa shape index (κ3) is 2.08. The van der Waals surface area contributed by atoms with E-state index in [1.54, 1.807) is 24.3 Å². The van der Waals surface area contributed by atoms with E-state index in [1.807, 2.05) is 0 Å². The summed E-state index contributed by atoms with van der Waals surface area (Å²) in [5, 5.41) is 8.88. The average Bonchev–Trinajstić information content (AvgIpc) is 2.39. The third-order valence-electron chi connectivity index (χ3n) is 2.39. The minimum Gasteiger partial charge on any atom is -0.495 e. The standard InChI is InChI=1S/C12H10N2O4/c1-18-10-5-3-2-4-9(10)14-6-8(12(16)17)11(15)13-7-14/h2-7H,1H3,(H,16,17). The maximum atomic E-state index is 11.3. The summed E-state index contributed by atoms with van der Waals surface area (Å²) in [7, 11) is 1.51. The summed E-state index contributed by atoms with van der Waals surface area (Å²) in [5.41, 5.74) is -0.549. The molecule has 0 saturated carbocycles. The lowest BCUT2D eigenvalue weighted by atomic mass is 10.2. The van der Waals surface area contributed by atoms with Crippen LogP contribution in [0.5, 0.6) is 5.75 Å². The first-order valence-corrected chi connectivity index (χ1v) is 5.08. The van der Waals surface area contributed by atoms with Gasteiger partial charge in [0.15, 0.2) is 0 Å². The number of carboxylic acids is 1. The van der Waals surface area contributed by atoms with Crippen molar-refractivity contribution in [2.24, 2.45) is 0 Å². The predicted molar refractivity (Wildman–Crippen MR) is 63.3 cm³/mol. The number of ether oxygens (including phenoxy) is 1. The van der Waals surface area contributed by atoms with E-state index in [4.69, 9.17) is 9.84 Å². The van der Waals surface area contributed by atoms with Gasteiger partial charge in [0.05, 0.1) is 12.8 Å². The molecule has 0 unspecified atom stereocenters. The lowest BCUT2D eigenvalue weighted by Gasteiger charge is -2.10. The summed E-state index contributed by atoms with van der Waals surface area (Å²) in [6.45, 7) is 0. The Bertz CT molecular complexity index is 649. The SMILES string of the molecule is COc1ccccc1-n1cnc(=O)c(C(=O)O)c1. The number of carboxylic acid groups (broad SMARTS) is 1. The number of carbonyl (C=O) groups is 1. The van der Waals surface area contributed by atoms with Crippen LogP contribution >= 0.6 is 0 Å². The van der Waals surface area contributed by atoms with Gasteiger partial charge in [-0.1, -0.05) is 12.1 Å². The maximum Gasteiger partial charge on any atom is 0.342 e. The molecular formula is C12H10N2O4. The molecule has 1 N–H and O–H groups in total. The number of nitrogens with zero attached hydrogens (tertiary/aromatic N) is 2. The Kier molecular flexibility index (Phi) is 3.09. The van der Waals surface area contributed by atoms with Crippen LogP contribution in [0.15, 0.2) is 41.6 Å². The fourth-order valence-corrected chi connectivity index (χ4v) is 1.53. The molecule has 1 heterocycles. The number of rotatable bonds is 3. The molecule has 0 amide bonds. The summed E-state index contributed by atoms with van der Waals surface area (Å²) in [6.07, 6.45) is 2.47. The molecule has 0 aliphatic carbocycles. The van der Waals surface area contributed by atoms with Gasteiger partial charge in [0.1, 0.15) is 17.6 Å². The molecule has 18 heavy (non-hydrogen) atoms. The zero-order valence-electron chi connectivity index (χ0n) is 9.53. The molecule has 0 aliphatic rings. The van der Waals surface area contributed by atoms with E-state index in [-0.39, 0.29) is 5.56 Å². The van der Waals surface area contributed by atoms with E-state index in [0.717, 1.165) is 0 Å². The third-order valence-corrected chi connectivity index (χ3v) is 2.39. The summed E-state index contributed by atoms with van der Waals surface area (Å²) in [5.74, 6) is -0.754. The first-order chi connectivity index (χ1) is 8.63. The Morgan fingerprint density at radius 3 is 2.78 bits per heavy atom. The van der Waals surface area contributed by atoms with Gasteiger partial charge in [0.25, 0.3) is 5.56 Å². The number of benzene rings is 1. The van der Waals surface area contributed by atoms with Crippen molar-refractivity contribution in [3.05, 3.63) is 52.7 Å². The van der Waals surface area contributed by atoms with Crippen LogP contribution in [0, 0.1) is 0 Å². The number of para-hydroxylation sites is 2. The van der Waals surface area contributed by atoms with Gasteiger partial charge in [0.2, 0.25) is 0 Å². The molecule has 0 spiro atoms. The lowest BCUT2D eigenvalue weighted by Crippen LogP contribution is -2.19. The van der Waals surface area contributed by atoms with Gasteiger partial charge >= 0.3 is 5.97 Å². The first-order valence-electron chi connectivity index (χ1n) is 5.08. The molecular weight excluding hydrogens is 236 g/mol. The number of methoxy groups -OCH3 is 1. The van der Waals surface area contributed by atoms with Crippen molar-refractivity contribution in [3.63, 3.8) is 0 Å². The second-order valence-electron chi connectivity index (χ2n) is 3.48. The van der Waals surface area contributed by atoms with Crippen LogP contribution < -0.4 is 10.3 Å². The number of hydrogen-bond donors (Lipinski definition) is 1. The quantitative estimate of drug-likeness (QED) is 0.871. The van der Waals surface area contributed by atoms with Crippen molar-refractivity contribution >= 4 is 5.97 Å². The monoisotopic (exact) mass is 246 g/mol. The summed E-state index contributed by atoms with van der Waals surface area (Å²) in [6, 6.07) is 7.03. The van der Waals surface area contributed by atoms with Crippen LogP contribution in [0.3, 0.4) is 0 Å². The highest BCUT2D eigenvalue weighted by molar-refractivity contribution is 5.86. The van der Waals surface area contributed by atoms with Crippen molar-refractivity contribution in [3.8, 4) is 11.4 Å². The van der Waals surface area contributed by atoms with Crippen molar-refractivity contribution < 1.29 is 14.6 Å². The zero-order chi connectivity index (χ0) is 13.1. The molecule has 1 aromatic heterocycles. The highest BCUT2D eigenvalue weighted by Gasteiger charge is 2.11. The molecule has 0 bridgehead atoms. The molecule has 0 saturated heterocycles. The van der Waals surface area contributed by atoms with Gasteiger partial charge < -0.3 is 14.4 Å². The van der Waals surface area contributed by atoms with Gasteiger partial charge in [-0.3, -0.25) is 4.79 Å². The van der Waals surface area contributed by atoms with E-state index in [1.165, 1.54) is 24.2 Å². The molecule has 6 heteroatoms. The van der Waals surface area contributed by atoms with Crippen molar-refractivity contribution in [1.29, 1.82) is 0 Å². The fourth-order valence-electron chi connectivity index (χ4n) is 1.53. The van der Waals surface area contributed by atoms with E-state index in [0.29, 0.717) is 11.4 Å². The van der Waals surface area contributed by atoms with Crippen molar-refractivity contribution in [2.45, 2.75) is 0 Å². The van der Waals surface area contributed by atoms with Crippen LogP contribution in [-0.4, -0.2) is 27.7 Å². The van der Waals surface area contributed by atoms with Crippen molar-refractivity contribution in [1.82, 2.24) is 9.55 Å². The molecule has 1 aromatic carbocycles. The molecule has 2 aromatic rings. The highest BCUT2D eigenvalue weighted by atomic mass is 16.5. The second kappa shape index (κ2) is 4.70. The molecule has 92 valence electrons. The smallest absolute Gasteiger partial charge is 0.342 e. The van der Waals surface area contributed by atoms with E-state index in [2.05, 4.69) is 4.98 Å². The first kappa shape index (κ1) is 11.8. The Morgan fingerprint density at radius 1 is 1.39 bits per heavy atom. The molecule has 0 fully saturated rings. The second-order valence-corrected chi connectivity index (χ2v) is 3.48. The Balaban J connectivity index is 2.61. The van der Waals surface area contributed by atoms with Gasteiger partial charge in [-0.2, -0.15) is 4.98 Å². The maximum absolute atomic E-state index is 11.3. The summed E-state index contributed by atoms with van der Waals surface area (Å²) >= 11 is 0. The predicted octanol–water partition coefficient (Wildman–Crippen LogP) is 0.939. The van der Waals surface area contributed by atoms with Crippen LogP contribution in [0.4, 0.5) is 0 Å². The van der Waals surface area contributed by atoms with E-state index >= 15 is 0 Å². The van der Waals surface area contributed by atoms with E-state index in [9.17, 15) is 9.59 Å². The van der Waals surface area contributed by atoms with Crippen LogP contribution in [-0.2, 0) is 0 Å². The van der Waals surface area contributed by atoms with Gasteiger partial charge in [-0.25, -0.2) is 4.79 Å². The Morgan fingerprint density at radius 2 is 2.11 bits per heavy atom. The van der Waals surface area contributed by atoms with Gasteiger partial charge in [-0.15, -0.1) is 0 Å². The Hall–Kier alpha value is -2.63. The van der Waals surface area contributed by atoms with Gasteiger partial charge in [-0.05, 0) is 12.1 Å².